The van der Waals surface area contributed by atoms with E-state index in [0.717, 1.165) is 22.6 Å². The maximum Gasteiger partial charge on any atom is 0.123 e. The van der Waals surface area contributed by atoms with Gasteiger partial charge in [-0.2, -0.15) is 5.26 Å². The molecule has 0 amide bonds. The van der Waals surface area contributed by atoms with Crippen LogP contribution in [0.15, 0.2) is 30.3 Å². The molecule has 0 radical (unpaired) electrons. The van der Waals surface area contributed by atoms with Gasteiger partial charge in [0.25, 0.3) is 0 Å². The first-order valence-electron chi connectivity index (χ1n) is 10.6. The lowest BCUT2D eigenvalue weighted by Gasteiger charge is -2.21. The third kappa shape index (κ3) is 5.61. The van der Waals surface area contributed by atoms with Gasteiger partial charge in [0.05, 0.1) is 29.8 Å². The van der Waals surface area contributed by atoms with Crippen LogP contribution < -0.4 is 9.88 Å². The largest absolute Gasteiger partial charge is 0.496 e. The number of nitrogens with one attached hydrogen (secondary N) is 1. The number of nitrogens with two attached hydrogens (primary N) is 1. The minimum Gasteiger partial charge on any atom is -0.496 e. The number of hydrogen-bond donors (Lipinski definition) is 2. The standard InChI is InChI=1S/C21H21N3O.C4H11NS/c1-12-8-13(2)19(18(9-12)25-3)20(15-5-6-15)21-23-16-7-4-14(11-22)10-17(16)24-21;1-4(2,3)6-5/h4,7-10,15,20H,5-6H2,1-3H3,(H,23,24);5H2,1-3H3. The molecule has 3 N–H and O–H groups in total. The van der Waals surface area contributed by atoms with E-state index in [4.69, 9.17) is 20.1 Å². The highest BCUT2D eigenvalue weighted by Crippen LogP contribution is 2.49. The van der Waals surface area contributed by atoms with E-state index in [1.54, 1.807) is 7.11 Å². The molecule has 1 fully saturated rings. The van der Waals surface area contributed by atoms with Crippen LogP contribution in [0.3, 0.4) is 0 Å². The number of ether oxygens (including phenoxy) is 1. The minimum atomic E-state index is 0.202. The van der Waals surface area contributed by atoms with Crippen LogP contribution in [-0.2, 0) is 0 Å². The second kappa shape index (κ2) is 9.33. The number of methoxy groups -OCH3 is 1. The zero-order chi connectivity index (χ0) is 22.8. The lowest BCUT2D eigenvalue weighted by molar-refractivity contribution is 0.404. The van der Waals surface area contributed by atoms with Crippen molar-refractivity contribution in [2.45, 2.75) is 58.1 Å². The quantitative estimate of drug-likeness (QED) is 0.490. The van der Waals surface area contributed by atoms with Crippen LogP contribution >= 0.6 is 11.9 Å². The zero-order valence-electron chi connectivity index (χ0n) is 19.2. The number of H-pyrrole nitrogens is 1. The monoisotopic (exact) mass is 436 g/mol. The van der Waals surface area contributed by atoms with Gasteiger partial charge < -0.3 is 9.72 Å². The molecular weight excluding hydrogens is 404 g/mol. The summed E-state index contributed by atoms with van der Waals surface area (Å²) in [5.74, 6) is 2.70. The summed E-state index contributed by atoms with van der Waals surface area (Å²) in [6.07, 6.45) is 2.42. The van der Waals surface area contributed by atoms with Crippen LogP contribution in [0.2, 0.25) is 0 Å². The van der Waals surface area contributed by atoms with Crippen LogP contribution in [0.4, 0.5) is 0 Å². The number of imidazole rings is 1. The lowest BCUT2D eigenvalue weighted by Crippen LogP contribution is -2.10. The second-order valence-electron chi connectivity index (χ2n) is 9.21. The van der Waals surface area contributed by atoms with Gasteiger partial charge >= 0.3 is 0 Å². The van der Waals surface area contributed by atoms with Crippen molar-refractivity contribution in [2.24, 2.45) is 11.1 Å². The Labute approximate surface area is 189 Å². The van der Waals surface area contributed by atoms with Crippen molar-refractivity contribution in [1.29, 1.82) is 5.26 Å². The number of benzene rings is 2. The van der Waals surface area contributed by atoms with Crippen molar-refractivity contribution in [3.8, 4) is 11.8 Å². The molecule has 0 bridgehead atoms. The molecule has 5 nitrogen and oxygen atoms in total. The Bertz CT molecular complexity index is 1100. The molecule has 2 aromatic carbocycles. The summed E-state index contributed by atoms with van der Waals surface area (Å²) < 4.78 is 5.95. The summed E-state index contributed by atoms with van der Waals surface area (Å²) in [5.41, 5.74) is 6.15. The molecule has 0 saturated heterocycles. The molecule has 0 aliphatic heterocycles. The number of fused-ring (bicyclic) bond motifs is 1. The highest BCUT2D eigenvalue weighted by atomic mass is 32.2. The van der Waals surface area contributed by atoms with Crippen molar-refractivity contribution in [2.75, 3.05) is 7.11 Å². The van der Waals surface area contributed by atoms with Crippen LogP contribution in [-0.4, -0.2) is 21.8 Å². The van der Waals surface area contributed by atoms with E-state index < -0.39 is 0 Å². The van der Waals surface area contributed by atoms with E-state index in [0.29, 0.717) is 11.5 Å². The molecule has 31 heavy (non-hydrogen) atoms. The van der Waals surface area contributed by atoms with E-state index in [1.807, 2.05) is 18.2 Å². The number of hydrogen-bond acceptors (Lipinski definition) is 5. The fourth-order valence-electron chi connectivity index (χ4n) is 3.78. The third-order valence-electron chi connectivity index (χ3n) is 5.40. The van der Waals surface area contributed by atoms with Gasteiger partial charge in [0.1, 0.15) is 11.6 Å². The van der Waals surface area contributed by atoms with Crippen molar-refractivity contribution in [3.63, 3.8) is 0 Å². The molecule has 164 valence electrons. The van der Waals surface area contributed by atoms with Crippen LogP contribution in [0, 0.1) is 31.1 Å². The van der Waals surface area contributed by atoms with Crippen molar-refractivity contribution in [1.82, 2.24) is 9.97 Å². The maximum atomic E-state index is 9.12. The molecule has 1 aliphatic rings. The molecule has 6 heteroatoms. The second-order valence-corrected chi connectivity index (χ2v) is 10.7. The Morgan fingerprint density at radius 1 is 1.23 bits per heavy atom. The first kappa shape index (κ1) is 23.2. The molecule has 1 aromatic heterocycles. The summed E-state index contributed by atoms with van der Waals surface area (Å²) in [7, 11) is 1.74. The average Bonchev–Trinajstić information content (AvgIpc) is 3.47. The molecule has 1 aliphatic carbocycles. The maximum absolute atomic E-state index is 9.12. The average molecular weight is 437 g/mol. The number of aromatic amines is 1. The normalized spacial score (nSPS) is 14.5. The number of rotatable bonds is 4. The zero-order valence-corrected chi connectivity index (χ0v) is 20.1. The summed E-state index contributed by atoms with van der Waals surface area (Å²) in [5, 5.41) is 14.3. The molecule has 1 heterocycles. The van der Waals surface area contributed by atoms with Crippen LogP contribution in [0.5, 0.6) is 5.75 Å². The molecule has 0 spiro atoms. The van der Waals surface area contributed by atoms with Gasteiger partial charge in [-0.15, -0.1) is 0 Å². The van der Waals surface area contributed by atoms with Gasteiger partial charge in [-0.1, -0.05) is 18.0 Å². The molecule has 4 rings (SSSR count). The summed E-state index contributed by atoms with van der Waals surface area (Å²) >= 11 is 1.38. The summed E-state index contributed by atoms with van der Waals surface area (Å²) in [4.78, 5) is 8.31. The van der Waals surface area contributed by atoms with E-state index >= 15 is 0 Å². The lowest BCUT2D eigenvalue weighted by atomic mass is 9.88. The Morgan fingerprint density at radius 3 is 2.45 bits per heavy atom. The third-order valence-corrected chi connectivity index (χ3v) is 6.10. The summed E-state index contributed by atoms with van der Waals surface area (Å²) in [6, 6.07) is 12.1. The van der Waals surface area contributed by atoms with Gasteiger partial charge in [0.15, 0.2) is 0 Å². The van der Waals surface area contributed by atoms with Gasteiger partial charge in [-0.3, -0.25) is 5.14 Å². The highest BCUT2D eigenvalue weighted by Gasteiger charge is 2.38. The smallest absolute Gasteiger partial charge is 0.123 e. The first-order valence-corrected chi connectivity index (χ1v) is 11.5. The van der Waals surface area contributed by atoms with Gasteiger partial charge in [-0.25, -0.2) is 4.98 Å². The molecule has 1 unspecified atom stereocenters. The topological polar surface area (TPSA) is 87.7 Å². The Morgan fingerprint density at radius 2 is 1.90 bits per heavy atom. The SMILES string of the molecule is CC(C)(C)SN.COc1cc(C)cc(C)c1C(c1nc2ccc(C#N)cc2[nH]1)C1CC1. The Balaban J connectivity index is 0.000000401. The van der Waals surface area contributed by atoms with E-state index in [2.05, 4.69) is 57.8 Å². The van der Waals surface area contributed by atoms with Crippen LogP contribution in [0.1, 0.15) is 67.6 Å². The fourth-order valence-corrected chi connectivity index (χ4v) is 3.78. The fraction of sp³-hybridized carbons (Fsp3) is 0.440. The predicted molar refractivity (Wildman–Crippen MR) is 129 cm³/mol. The Hall–Kier alpha value is -2.49. The first-order chi connectivity index (χ1) is 14.7. The van der Waals surface area contributed by atoms with Crippen molar-refractivity contribution >= 4 is 23.0 Å². The van der Waals surface area contributed by atoms with E-state index in [9.17, 15) is 0 Å². The molecule has 1 atom stereocenters. The van der Waals surface area contributed by atoms with Crippen molar-refractivity contribution < 1.29 is 4.74 Å². The molecular formula is C25H32N4OS. The Kier molecular flexibility index (Phi) is 6.98. The molecule has 1 saturated carbocycles. The van der Waals surface area contributed by atoms with Crippen molar-refractivity contribution in [3.05, 3.63) is 58.4 Å². The van der Waals surface area contributed by atoms with Gasteiger partial charge in [0, 0.05) is 16.2 Å². The van der Waals surface area contributed by atoms with Crippen LogP contribution in [0.25, 0.3) is 11.0 Å². The number of aromatic nitrogens is 2. The molecule has 3 aromatic rings. The summed E-state index contributed by atoms with van der Waals surface area (Å²) in [6.45, 7) is 10.5. The van der Waals surface area contributed by atoms with E-state index in [1.165, 1.54) is 41.5 Å². The van der Waals surface area contributed by atoms with E-state index in [-0.39, 0.29) is 10.7 Å². The highest BCUT2D eigenvalue weighted by molar-refractivity contribution is 7.98. The number of nitrogens with zero attached hydrogens (tertiary/aromatic N) is 2. The van der Waals surface area contributed by atoms with Gasteiger partial charge in [-0.05, 0) is 88.8 Å². The number of nitriles is 1. The predicted octanol–water partition coefficient (Wildman–Crippen LogP) is 5.99. The minimum absolute atomic E-state index is 0.202. The number of aryl methyl sites for hydroxylation is 2. The van der Waals surface area contributed by atoms with Gasteiger partial charge in [0.2, 0.25) is 0 Å².